The Morgan fingerprint density at radius 1 is 1.36 bits per heavy atom. The second kappa shape index (κ2) is 5.13. The summed E-state index contributed by atoms with van der Waals surface area (Å²) in [5.41, 5.74) is 0.149. The summed E-state index contributed by atoms with van der Waals surface area (Å²) in [7, 11) is 1.84. The number of nitrogens with one attached hydrogen (secondary N) is 1. The molecule has 0 amide bonds. The van der Waals surface area contributed by atoms with Crippen LogP contribution in [-0.2, 0) is 4.74 Å². The number of hydrogen-bond donors (Lipinski definition) is 1. The van der Waals surface area contributed by atoms with E-state index in [1.165, 1.54) is 25.7 Å². The minimum Gasteiger partial charge on any atom is -0.379 e. The van der Waals surface area contributed by atoms with E-state index in [0.29, 0.717) is 0 Å². The standard InChI is InChI=1S/C12H25NO/c1-10(2)9-13-11-5-7-12(3,14-4)8-6-11/h10-11,13H,5-9H2,1-4H3. The maximum absolute atomic E-state index is 5.52. The van der Waals surface area contributed by atoms with Crippen LogP contribution in [0.15, 0.2) is 0 Å². The van der Waals surface area contributed by atoms with Gasteiger partial charge in [-0.05, 0) is 45.1 Å². The van der Waals surface area contributed by atoms with Crippen LogP contribution in [0.5, 0.6) is 0 Å². The van der Waals surface area contributed by atoms with Crippen LogP contribution < -0.4 is 5.32 Å². The van der Waals surface area contributed by atoms with Crippen LogP contribution in [0.1, 0.15) is 46.5 Å². The number of hydrogen-bond acceptors (Lipinski definition) is 2. The largest absolute Gasteiger partial charge is 0.379 e. The monoisotopic (exact) mass is 199 g/mol. The predicted molar refractivity (Wildman–Crippen MR) is 60.5 cm³/mol. The summed E-state index contributed by atoms with van der Waals surface area (Å²) in [6.07, 6.45) is 4.91. The molecule has 14 heavy (non-hydrogen) atoms. The highest BCUT2D eigenvalue weighted by atomic mass is 16.5. The van der Waals surface area contributed by atoms with E-state index in [1.54, 1.807) is 0 Å². The molecule has 0 bridgehead atoms. The maximum Gasteiger partial charge on any atom is 0.0652 e. The van der Waals surface area contributed by atoms with Crippen LogP contribution in [-0.4, -0.2) is 25.3 Å². The van der Waals surface area contributed by atoms with Gasteiger partial charge in [0, 0.05) is 13.2 Å². The summed E-state index contributed by atoms with van der Waals surface area (Å²) in [6.45, 7) is 7.89. The first kappa shape index (κ1) is 12.0. The average molecular weight is 199 g/mol. The zero-order chi connectivity index (χ0) is 10.6. The molecule has 1 N–H and O–H groups in total. The number of methoxy groups -OCH3 is 1. The van der Waals surface area contributed by atoms with Gasteiger partial charge in [-0.3, -0.25) is 0 Å². The van der Waals surface area contributed by atoms with E-state index in [0.717, 1.165) is 18.5 Å². The Morgan fingerprint density at radius 3 is 2.36 bits per heavy atom. The third-order valence-corrected chi connectivity index (χ3v) is 3.35. The second-order valence-corrected chi connectivity index (χ2v) is 5.23. The van der Waals surface area contributed by atoms with Gasteiger partial charge in [-0.25, -0.2) is 0 Å². The molecule has 2 heteroatoms. The van der Waals surface area contributed by atoms with Gasteiger partial charge >= 0.3 is 0 Å². The van der Waals surface area contributed by atoms with Gasteiger partial charge in [0.15, 0.2) is 0 Å². The lowest BCUT2D eigenvalue weighted by molar-refractivity contribution is -0.0292. The van der Waals surface area contributed by atoms with Crippen LogP contribution >= 0.6 is 0 Å². The van der Waals surface area contributed by atoms with Crippen molar-refractivity contribution in [3.63, 3.8) is 0 Å². The van der Waals surface area contributed by atoms with Crippen molar-refractivity contribution in [1.29, 1.82) is 0 Å². The van der Waals surface area contributed by atoms with E-state index in [4.69, 9.17) is 4.74 Å². The third-order valence-electron chi connectivity index (χ3n) is 3.35. The van der Waals surface area contributed by atoms with E-state index in [9.17, 15) is 0 Å². The van der Waals surface area contributed by atoms with Gasteiger partial charge in [0.2, 0.25) is 0 Å². The van der Waals surface area contributed by atoms with Crippen molar-refractivity contribution in [2.75, 3.05) is 13.7 Å². The zero-order valence-electron chi connectivity index (χ0n) is 10.1. The molecule has 84 valence electrons. The molecule has 1 fully saturated rings. The fourth-order valence-electron chi connectivity index (χ4n) is 2.04. The van der Waals surface area contributed by atoms with Gasteiger partial charge in [-0.15, -0.1) is 0 Å². The first-order chi connectivity index (χ1) is 6.56. The van der Waals surface area contributed by atoms with Crippen molar-refractivity contribution in [1.82, 2.24) is 5.32 Å². The molecule has 0 radical (unpaired) electrons. The molecule has 1 saturated carbocycles. The van der Waals surface area contributed by atoms with Gasteiger partial charge in [-0.1, -0.05) is 13.8 Å². The summed E-state index contributed by atoms with van der Waals surface area (Å²) in [4.78, 5) is 0. The summed E-state index contributed by atoms with van der Waals surface area (Å²) in [5.74, 6) is 0.755. The molecule has 0 spiro atoms. The molecule has 0 atom stereocenters. The Hall–Kier alpha value is -0.0800. The van der Waals surface area contributed by atoms with Gasteiger partial charge in [0.25, 0.3) is 0 Å². The fraction of sp³-hybridized carbons (Fsp3) is 1.00. The first-order valence-corrected chi connectivity index (χ1v) is 5.84. The molecule has 1 rings (SSSR count). The van der Waals surface area contributed by atoms with Crippen molar-refractivity contribution in [2.24, 2.45) is 5.92 Å². The quantitative estimate of drug-likeness (QED) is 0.751. The smallest absolute Gasteiger partial charge is 0.0652 e. The number of ether oxygens (including phenoxy) is 1. The lowest BCUT2D eigenvalue weighted by Gasteiger charge is -2.36. The van der Waals surface area contributed by atoms with E-state index >= 15 is 0 Å². The highest BCUT2D eigenvalue weighted by Crippen LogP contribution is 2.30. The Morgan fingerprint density at radius 2 is 1.93 bits per heavy atom. The molecule has 1 aliphatic carbocycles. The Kier molecular flexibility index (Phi) is 4.39. The van der Waals surface area contributed by atoms with Gasteiger partial charge in [0.05, 0.1) is 5.60 Å². The lowest BCUT2D eigenvalue weighted by Crippen LogP contribution is -2.41. The topological polar surface area (TPSA) is 21.3 Å². The van der Waals surface area contributed by atoms with E-state index in [1.807, 2.05) is 7.11 Å². The second-order valence-electron chi connectivity index (χ2n) is 5.23. The van der Waals surface area contributed by atoms with Gasteiger partial charge in [-0.2, -0.15) is 0 Å². The van der Waals surface area contributed by atoms with E-state index in [-0.39, 0.29) is 5.60 Å². The molecule has 0 aromatic heterocycles. The molecule has 0 heterocycles. The highest BCUT2D eigenvalue weighted by Gasteiger charge is 2.30. The molecule has 1 aliphatic rings. The predicted octanol–water partition coefficient (Wildman–Crippen LogP) is 2.58. The average Bonchev–Trinajstić information content (AvgIpc) is 2.17. The molecule has 2 nitrogen and oxygen atoms in total. The Bertz CT molecular complexity index is 160. The first-order valence-electron chi connectivity index (χ1n) is 5.84. The maximum atomic E-state index is 5.52. The molecule has 0 aromatic carbocycles. The normalized spacial score (nSPS) is 33.6. The molecule has 0 unspecified atom stereocenters. The summed E-state index contributed by atoms with van der Waals surface area (Å²) < 4.78 is 5.52. The van der Waals surface area contributed by atoms with Crippen molar-refractivity contribution < 1.29 is 4.74 Å². The summed E-state index contributed by atoms with van der Waals surface area (Å²) in [6, 6.07) is 0.723. The third kappa shape index (κ3) is 3.58. The van der Waals surface area contributed by atoms with Crippen molar-refractivity contribution in [3.05, 3.63) is 0 Å². The van der Waals surface area contributed by atoms with Crippen molar-refractivity contribution in [2.45, 2.75) is 58.1 Å². The van der Waals surface area contributed by atoms with Crippen LogP contribution in [0.2, 0.25) is 0 Å². The van der Waals surface area contributed by atoms with Crippen LogP contribution in [0, 0.1) is 5.92 Å². The molecule has 0 saturated heterocycles. The SMILES string of the molecule is COC1(C)CCC(NCC(C)C)CC1. The van der Waals surface area contributed by atoms with Crippen molar-refractivity contribution in [3.8, 4) is 0 Å². The van der Waals surface area contributed by atoms with E-state index in [2.05, 4.69) is 26.1 Å². The van der Waals surface area contributed by atoms with Crippen molar-refractivity contribution >= 4 is 0 Å². The van der Waals surface area contributed by atoms with E-state index < -0.39 is 0 Å². The fourth-order valence-corrected chi connectivity index (χ4v) is 2.04. The Balaban J connectivity index is 2.22. The van der Waals surface area contributed by atoms with Crippen LogP contribution in [0.25, 0.3) is 0 Å². The lowest BCUT2D eigenvalue weighted by atomic mass is 9.83. The minimum atomic E-state index is 0.149. The van der Waals surface area contributed by atoms with Gasteiger partial charge in [0.1, 0.15) is 0 Å². The summed E-state index contributed by atoms with van der Waals surface area (Å²) in [5, 5.41) is 3.63. The Labute approximate surface area is 88.4 Å². The summed E-state index contributed by atoms with van der Waals surface area (Å²) >= 11 is 0. The molecule has 0 aromatic rings. The van der Waals surface area contributed by atoms with Crippen LogP contribution in [0.3, 0.4) is 0 Å². The zero-order valence-corrected chi connectivity index (χ0v) is 10.1. The number of rotatable bonds is 4. The molecule has 0 aliphatic heterocycles. The van der Waals surface area contributed by atoms with Gasteiger partial charge < -0.3 is 10.1 Å². The molecular weight excluding hydrogens is 174 g/mol. The van der Waals surface area contributed by atoms with Crippen LogP contribution in [0.4, 0.5) is 0 Å². The molecular formula is C12H25NO. The minimum absolute atomic E-state index is 0.149. The highest BCUT2D eigenvalue weighted by molar-refractivity contribution is 4.86.